The van der Waals surface area contributed by atoms with E-state index in [4.69, 9.17) is 26.3 Å². The molecule has 11 rings (SSSR count). The Morgan fingerprint density at radius 1 is 0.362 bits per heavy atom. The van der Waals surface area contributed by atoms with Crippen LogP contribution >= 0.6 is 0 Å². The molecule has 0 saturated carbocycles. The summed E-state index contributed by atoms with van der Waals surface area (Å²) in [6.45, 7) is 7.85. The summed E-state index contributed by atoms with van der Waals surface area (Å²) in [5.74, 6) is 3.56. The summed E-state index contributed by atoms with van der Waals surface area (Å²) < 4.78 is 6.56. The Kier molecular flexibility index (Phi) is 7.70. The van der Waals surface area contributed by atoms with Crippen LogP contribution in [0.3, 0.4) is 0 Å². The maximum atomic E-state index is 7.85. The number of ether oxygens (including phenoxy) is 1. The van der Waals surface area contributed by atoms with Crippen LogP contribution in [0.25, 0.3) is 72.4 Å². The van der Waals surface area contributed by atoms with Crippen LogP contribution < -0.4 is 4.74 Å². The molecule has 2 heterocycles. The van der Waals surface area contributed by atoms with Crippen LogP contribution in [0.4, 0.5) is 5.69 Å². The standard InChI is InChI=1S/C53H32N4O/c1-54-41-27-29-44-43(33-41)42-28-26-39(32-47(42)53(44)45-22-8-10-24-48(45)58-49-25-11-9-23-46(49)53)37-19-12-18-36(30-37)38-20-13-21-40(31-38)52-56-50(34-14-4-2-5-15-34)55-51(57-52)35-16-6-3-7-17-35/h2-33H. The minimum Gasteiger partial charge on any atom is -0.457 e. The van der Waals surface area contributed by atoms with Crippen molar-refractivity contribution in [2.75, 3.05) is 0 Å². The van der Waals surface area contributed by atoms with Gasteiger partial charge in [-0.25, -0.2) is 19.8 Å². The fourth-order valence-corrected chi connectivity index (χ4v) is 8.79. The summed E-state index contributed by atoms with van der Waals surface area (Å²) >= 11 is 0. The fraction of sp³-hybridized carbons (Fsp3) is 0.0189. The van der Waals surface area contributed by atoms with Crippen molar-refractivity contribution in [3.63, 3.8) is 0 Å². The number of para-hydroxylation sites is 2. The van der Waals surface area contributed by atoms with Crippen LogP contribution in [0, 0.1) is 6.57 Å². The van der Waals surface area contributed by atoms with Gasteiger partial charge in [0.2, 0.25) is 0 Å². The second-order valence-corrected chi connectivity index (χ2v) is 14.6. The van der Waals surface area contributed by atoms with Gasteiger partial charge in [-0.1, -0.05) is 158 Å². The van der Waals surface area contributed by atoms with Gasteiger partial charge >= 0.3 is 0 Å². The van der Waals surface area contributed by atoms with Gasteiger partial charge in [0.1, 0.15) is 11.5 Å². The predicted molar refractivity (Wildman–Crippen MR) is 231 cm³/mol. The Labute approximate surface area is 336 Å². The van der Waals surface area contributed by atoms with Gasteiger partial charge in [-0.2, -0.15) is 0 Å². The zero-order chi connectivity index (χ0) is 38.6. The molecule has 0 bridgehead atoms. The molecule has 0 radical (unpaired) electrons. The van der Waals surface area contributed by atoms with Crippen molar-refractivity contribution in [2.45, 2.75) is 5.41 Å². The van der Waals surface area contributed by atoms with Gasteiger partial charge in [0, 0.05) is 27.8 Å². The molecule has 58 heavy (non-hydrogen) atoms. The van der Waals surface area contributed by atoms with Crippen LogP contribution in [0.2, 0.25) is 0 Å². The highest BCUT2D eigenvalue weighted by Crippen LogP contribution is 2.62. The average Bonchev–Trinajstić information content (AvgIpc) is 3.58. The zero-order valence-corrected chi connectivity index (χ0v) is 31.2. The minimum atomic E-state index is -0.625. The Hall–Kier alpha value is -7.94. The fourth-order valence-electron chi connectivity index (χ4n) is 8.79. The van der Waals surface area contributed by atoms with Crippen molar-refractivity contribution >= 4 is 5.69 Å². The van der Waals surface area contributed by atoms with Gasteiger partial charge in [0.25, 0.3) is 0 Å². The highest BCUT2D eigenvalue weighted by molar-refractivity contribution is 5.92. The monoisotopic (exact) mass is 740 g/mol. The third kappa shape index (κ3) is 5.27. The number of benzene rings is 8. The topological polar surface area (TPSA) is 52.3 Å². The Morgan fingerprint density at radius 3 is 1.43 bits per heavy atom. The van der Waals surface area contributed by atoms with Crippen molar-refractivity contribution in [3.8, 4) is 79.0 Å². The quantitative estimate of drug-likeness (QED) is 0.165. The number of fused-ring (bicyclic) bond motifs is 9. The smallest absolute Gasteiger partial charge is 0.187 e. The van der Waals surface area contributed by atoms with Crippen LogP contribution in [0.5, 0.6) is 11.5 Å². The largest absolute Gasteiger partial charge is 0.457 e. The van der Waals surface area contributed by atoms with E-state index in [2.05, 4.69) is 114 Å². The molecule has 0 fully saturated rings. The summed E-state index contributed by atoms with van der Waals surface area (Å²) in [4.78, 5) is 18.7. The molecule has 1 spiro atoms. The summed E-state index contributed by atoms with van der Waals surface area (Å²) in [6, 6.07) is 66.9. The molecule has 8 aromatic carbocycles. The van der Waals surface area contributed by atoms with Gasteiger partial charge < -0.3 is 4.74 Å². The maximum absolute atomic E-state index is 7.85. The average molecular weight is 741 g/mol. The number of hydrogen-bond acceptors (Lipinski definition) is 4. The van der Waals surface area contributed by atoms with Gasteiger partial charge in [-0.05, 0) is 80.9 Å². The van der Waals surface area contributed by atoms with Crippen molar-refractivity contribution in [1.82, 2.24) is 15.0 Å². The molecule has 1 aromatic heterocycles. The lowest BCUT2D eigenvalue weighted by Gasteiger charge is -2.39. The lowest BCUT2D eigenvalue weighted by Crippen LogP contribution is -2.32. The van der Waals surface area contributed by atoms with Crippen LogP contribution in [0.15, 0.2) is 194 Å². The molecule has 9 aromatic rings. The lowest BCUT2D eigenvalue weighted by atomic mass is 9.66. The van der Waals surface area contributed by atoms with Crippen molar-refractivity contribution in [2.24, 2.45) is 0 Å². The third-order valence-electron chi connectivity index (χ3n) is 11.4. The van der Waals surface area contributed by atoms with Crippen molar-refractivity contribution in [3.05, 3.63) is 228 Å². The van der Waals surface area contributed by atoms with E-state index < -0.39 is 5.41 Å². The van der Waals surface area contributed by atoms with Gasteiger partial charge in [0.05, 0.1) is 12.0 Å². The molecule has 1 aliphatic carbocycles. The van der Waals surface area contributed by atoms with Crippen LogP contribution in [-0.4, -0.2) is 15.0 Å². The second-order valence-electron chi connectivity index (χ2n) is 14.6. The van der Waals surface area contributed by atoms with Gasteiger partial charge in [-0.3, -0.25) is 0 Å². The highest BCUT2D eigenvalue weighted by atomic mass is 16.5. The summed E-state index contributed by atoms with van der Waals surface area (Å²) in [6.07, 6.45) is 0. The summed E-state index contributed by atoms with van der Waals surface area (Å²) in [7, 11) is 0. The summed E-state index contributed by atoms with van der Waals surface area (Å²) in [5.41, 5.74) is 13.9. The first-order valence-electron chi connectivity index (χ1n) is 19.3. The molecule has 5 nitrogen and oxygen atoms in total. The van der Waals surface area contributed by atoms with E-state index in [9.17, 15) is 0 Å². The first-order valence-corrected chi connectivity index (χ1v) is 19.3. The molecule has 1 aliphatic heterocycles. The van der Waals surface area contributed by atoms with Gasteiger partial charge in [-0.15, -0.1) is 0 Å². The normalized spacial score (nSPS) is 12.7. The van der Waals surface area contributed by atoms with Crippen molar-refractivity contribution < 1.29 is 4.74 Å². The van der Waals surface area contributed by atoms with E-state index in [1.165, 1.54) is 5.56 Å². The number of rotatable bonds is 5. The van der Waals surface area contributed by atoms with Crippen LogP contribution in [0.1, 0.15) is 22.3 Å². The first kappa shape index (κ1) is 33.4. The molecule has 5 heteroatoms. The van der Waals surface area contributed by atoms with E-state index in [-0.39, 0.29) is 0 Å². The molecule has 0 unspecified atom stereocenters. The number of nitrogens with zero attached hydrogens (tertiary/aromatic N) is 4. The Morgan fingerprint density at radius 2 is 0.845 bits per heavy atom. The molecular formula is C53H32N4O. The third-order valence-corrected chi connectivity index (χ3v) is 11.4. The lowest BCUT2D eigenvalue weighted by molar-refractivity contribution is 0.436. The predicted octanol–water partition coefficient (Wildman–Crippen LogP) is 13.2. The van der Waals surface area contributed by atoms with E-state index in [1.807, 2.05) is 84.9 Å². The minimum absolute atomic E-state index is 0.618. The maximum Gasteiger partial charge on any atom is 0.187 e. The molecule has 0 saturated heterocycles. The molecular weight excluding hydrogens is 709 g/mol. The Balaban J connectivity index is 1.04. The van der Waals surface area contributed by atoms with E-state index in [0.717, 1.165) is 78.3 Å². The SMILES string of the molecule is [C-]#[N+]c1ccc2c(c1)-c1ccc(-c3cccc(-c4cccc(-c5nc(-c6ccccc6)nc(-c6ccccc6)n5)c4)c3)cc1C21c2ccccc2Oc2ccccc21. The van der Waals surface area contributed by atoms with Crippen LogP contribution in [-0.2, 0) is 5.41 Å². The molecule has 0 amide bonds. The van der Waals surface area contributed by atoms with Gasteiger partial charge in [0.15, 0.2) is 23.2 Å². The number of aromatic nitrogens is 3. The number of hydrogen-bond donors (Lipinski definition) is 0. The van der Waals surface area contributed by atoms with Crippen molar-refractivity contribution in [1.29, 1.82) is 0 Å². The van der Waals surface area contributed by atoms with E-state index >= 15 is 0 Å². The van der Waals surface area contributed by atoms with E-state index in [1.54, 1.807) is 0 Å². The van der Waals surface area contributed by atoms with E-state index in [0.29, 0.717) is 23.2 Å². The first-order chi connectivity index (χ1) is 28.7. The molecule has 270 valence electrons. The highest BCUT2D eigenvalue weighted by Gasteiger charge is 2.51. The zero-order valence-electron chi connectivity index (χ0n) is 31.2. The summed E-state index contributed by atoms with van der Waals surface area (Å²) in [5, 5.41) is 0. The molecule has 2 aliphatic rings. The Bertz CT molecular complexity index is 3010. The second kappa shape index (κ2) is 13.4. The molecule has 0 N–H and O–H groups in total. The molecule has 0 atom stereocenters.